The molecule has 0 radical (unpaired) electrons. The fourth-order valence-corrected chi connectivity index (χ4v) is 2.63. The standard InChI is InChI=1S/C18H22N4O3/c1-13(2)24-16-6-4-9-20-17(16)21-18(23)22-10-7-15(12-22)25-14-5-3-8-19-11-14/h3-6,8-9,11,13,15H,7,10,12H2,1-2H3,(H,20,21,23). The van der Waals surface area contributed by atoms with E-state index in [1.165, 1.54) is 0 Å². The van der Waals surface area contributed by atoms with Gasteiger partial charge >= 0.3 is 6.03 Å². The van der Waals surface area contributed by atoms with Gasteiger partial charge in [0.15, 0.2) is 11.6 Å². The number of amides is 2. The van der Waals surface area contributed by atoms with Crippen LogP contribution in [0.2, 0.25) is 0 Å². The Morgan fingerprint density at radius 2 is 2.16 bits per heavy atom. The van der Waals surface area contributed by atoms with Gasteiger partial charge in [-0.05, 0) is 38.1 Å². The number of carbonyl (C=O) groups is 1. The maximum atomic E-state index is 12.5. The maximum absolute atomic E-state index is 12.5. The van der Waals surface area contributed by atoms with Crippen LogP contribution in [0.15, 0.2) is 42.9 Å². The summed E-state index contributed by atoms with van der Waals surface area (Å²) in [4.78, 5) is 22.5. The van der Waals surface area contributed by atoms with Crippen molar-refractivity contribution < 1.29 is 14.3 Å². The van der Waals surface area contributed by atoms with Gasteiger partial charge < -0.3 is 14.4 Å². The van der Waals surface area contributed by atoms with E-state index < -0.39 is 0 Å². The number of urea groups is 1. The lowest BCUT2D eigenvalue weighted by atomic mass is 10.3. The number of ether oxygens (including phenoxy) is 2. The lowest BCUT2D eigenvalue weighted by Gasteiger charge is -2.19. The first-order chi connectivity index (χ1) is 12.1. The molecule has 0 aliphatic carbocycles. The summed E-state index contributed by atoms with van der Waals surface area (Å²) in [5, 5.41) is 2.83. The van der Waals surface area contributed by atoms with Crippen LogP contribution in [-0.4, -0.2) is 46.2 Å². The van der Waals surface area contributed by atoms with Crippen LogP contribution in [0.3, 0.4) is 0 Å². The van der Waals surface area contributed by atoms with Gasteiger partial charge in [-0.2, -0.15) is 0 Å². The summed E-state index contributed by atoms with van der Waals surface area (Å²) in [6.45, 7) is 5.01. The van der Waals surface area contributed by atoms with Crippen LogP contribution in [-0.2, 0) is 0 Å². The Hall–Kier alpha value is -2.83. The van der Waals surface area contributed by atoms with Crippen LogP contribution in [0.1, 0.15) is 20.3 Å². The van der Waals surface area contributed by atoms with Crippen molar-refractivity contribution in [2.45, 2.75) is 32.5 Å². The van der Waals surface area contributed by atoms with Crippen molar-refractivity contribution in [3.05, 3.63) is 42.9 Å². The molecule has 2 aromatic rings. The highest BCUT2D eigenvalue weighted by Gasteiger charge is 2.28. The highest BCUT2D eigenvalue weighted by atomic mass is 16.5. The molecule has 2 aromatic heterocycles. The van der Waals surface area contributed by atoms with E-state index in [2.05, 4.69) is 15.3 Å². The van der Waals surface area contributed by atoms with E-state index in [0.717, 1.165) is 6.42 Å². The lowest BCUT2D eigenvalue weighted by Crippen LogP contribution is -2.35. The van der Waals surface area contributed by atoms with Crippen molar-refractivity contribution in [2.75, 3.05) is 18.4 Å². The number of pyridine rings is 2. The predicted octanol–water partition coefficient (Wildman–Crippen LogP) is 2.95. The Balaban J connectivity index is 1.58. The van der Waals surface area contributed by atoms with Gasteiger partial charge in [0, 0.05) is 25.4 Å². The minimum absolute atomic E-state index is 0.00361. The first-order valence-electron chi connectivity index (χ1n) is 8.36. The number of likely N-dealkylation sites (tertiary alicyclic amines) is 1. The average molecular weight is 342 g/mol. The first kappa shape index (κ1) is 17.0. The zero-order valence-corrected chi connectivity index (χ0v) is 14.4. The molecule has 1 aliphatic rings. The molecule has 0 saturated carbocycles. The van der Waals surface area contributed by atoms with Crippen molar-refractivity contribution in [1.29, 1.82) is 0 Å². The topological polar surface area (TPSA) is 76.6 Å². The number of nitrogens with zero attached hydrogens (tertiary/aromatic N) is 3. The van der Waals surface area contributed by atoms with Crippen LogP contribution >= 0.6 is 0 Å². The zero-order chi connectivity index (χ0) is 17.6. The Labute approximate surface area is 147 Å². The van der Waals surface area contributed by atoms with Gasteiger partial charge in [0.05, 0.1) is 18.8 Å². The summed E-state index contributed by atoms with van der Waals surface area (Å²) >= 11 is 0. The number of hydrogen-bond donors (Lipinski definition) is 1. The van der Waals surface area contributed by atoms with E-state index in [4.69, 9.17) is 9.47 Å². The summed E-state index contributed by atoms with van der Waals surface area (Å²) in [5.41, 5.74) is 0. The Morgan fingerprint density at radius 3 is 2.92 bits per heavy atom. The molecule has 25 heavy (non-hydrogen) atoms. The third-order valence-corrected chi connectivity index (χ3v) is 3.73. The summed E-state index contributed by atoms with van der Waals surface area (Å²) in [5.74, 6) is 1.71. The molecule has 0 bridgehead atoms. The number of aromatic nitrogens is 2. The van der Waals surface area contributed by atoms with Crippen molar-refractivity contribution in [3.8, 4) is 11.5 Å². The fourth-order valence-electron chi connectivity index (χ4n) is 2.63. The molecule has 0 spiro atoms. The van der Waals surface area contributed by atoms with E-state index in [-0.39, 0.29) is 18.2 Å². The second kappa shape index (κ2) is 7.83. The molecular weight excluding hydrogens is 320 g/mol. The minimum Gasteiger partial charge on any atom is -0.487 e. The first-order valence-corrected chi connectivity index (χ1v) is 8.36. The number of hydrogen-bond acceptors (Lipinski definition) is 5. The summed E-state index contributed by atoms with van der Waals surface area (Å²) in [6, 6.07) is 7.05. The molecule has 2 amide bonds. The van der Waals surface area contributed by atoms with Crippen LogP contribution in [0.4, 0.5) is 10.6 Å². The Morgan fingerprint density at radius 1 is 1.32 bits per heavy atom. The third kappa shape index (κ3) is 4.59. The smallest absolute Gasteiger partial charge is 0.323 e. The van der Waals surface area contributed by atoms with E-state index in [1.807, 2.05) is 26.0 Å². The van der Waals surface area contributed by atoms with Gasteiger partial charge in [-0.3, -0.25) is 10.3 Å². The van der Waals surface area contributed by atoms with Crippen molar-refractivity contribution in [3.63, 3.8) is 0 Å². The van der Waals surface area contributed by atoms with E-state index in [9.17, 15) is 4.79 Å². The third-order valence-electron chi connectivity index (χ3n) is 3.73. The summed E-state index contributed by atoms with van der Waals surface area (Å²) in [7, 11) is 0. The van der Waals surface area contributed by atoms with E-state index >= 15 is 0 Å². The molecule has 3 rings (SSSR count). The van der Waals surface area contributed by atoms with Gasteiger partial charge in [0.25, 0.3) is 0 Å². The fraction of sp³-hybridized carbons (Fsp3) is 0.389. The molecule has 3 heterocycles. The second-order valence-corrected chi connectivity index (χ2v) is 6.11. The molecule has 1 aliphatic heterocycles. The van der Waals surface area contributed by atoms with Gasteiger partial charge in [-0.15, -0.1) is 0 Å². The number of anilines is 1. The molecule has 7 heteroatoms. The highest BCUT2D eigenvalue weighted by Crippen LogP contribution is 2.23. The molecule has 1 fully saturated rings. The SMILES string of the molecule is CC(C)Oc1cccnc1NC(=O)N1CCC(Oc2cccnc2)C1. The molecule has 1 unspecified atom stereocenters. The average Bonchev–Trinajstić information content (AvgIpc) is 3.06. The van der Waals surface area contributed by atoms with Crippen LogP contribution in [0.5, 0.6) is 11.5 Å². The number of nitrogens with one attached hydrogen (secondary N) is 1. The number of carbonyl (C=O) groups excluding carboxylic acids is 1. The maximum Gasteiger partial charge on any atom is 0.323 e. The normalized spacial score (nSPS) is 16.8. The minimum atomic E-state index is -0.204. The van der Waals surface area contributed by atoms with Crippen LogP contribution in [0, 0.1) is 0 Å². The van der Waals surface area contributed by atoms with E-state index in [0.29, 0.717) is 30.4 Å². The van der Waals surface area contributed by atoms with Gasteiger partial charge in [-0.1, -0.05) is 0 Å². The van der Waals surface area contributed by atoms with Crippen molar-refractivity contribution in [1.82, 2.24) is 14.9 Å². The van der Waals surface area contributed by atoms with Gasteiger partial charge in [0.1, 0.15) is 11.9 Å². The van der Waals surface area contributed by atoms with Crippen LogP contribution in [0.25, 0.3) is 0 Å². The lowest BCUT2D eigenvalue weighted by molar-refractivity contribution is 0.194. The molecule has 1 atom stereocenters. The van der Waals surface area contributed by atoms with E-state index in [1.54, 1.807) is 35.6 Å². The predicted molar refractivity (Wildman–Crippen MR) is 93.9 cm³/mol. The second-order valence-electron chi connectivity index (χ2n) is 6.11. The largest absolute Gasteiger partial charge is 0.487 e. The van der Waals surface area contributed by atoms with Crippen LogP contribution < -0.4 is 14.8 Å². The highest BCUT2D eigenvalue weighted by molar-refractivity contribution is 5.89. The van der Waals surface area contributed by atoms with Crippen molar-refractivity contribution >= 4 is 11.8 Å². The van der Waals surface area contributed by atoms with Gasteiger partial charge in [-0.25, -0.2) is 9.78 Å². The Kier molecular flexibility index (Phi) is 5.33. The van der Waals surface area contributed by atoms with Crippen molar-refractivity contribution in [2.24, 2.45) is 0 Å². The van der Waals surface area contributed by atoms with Gasteiger partial charge in [0.2, 0.25) is 0 Å². The number of rotatable bonds is 5. The molecule has 7 nitrogen and oxygen atoms in total. The monoisotopic (exact) mass is 342 g/mol. The molecule has 0 aromatic carbocycles. The molecule has 1 N–H and O–H groups in total. The zero-order valence-electron chi connectivity index (χ0n) is 14.4. The molecule has 132 valence electrons. The molecular formula is C18H22N4O3. The molecule has 1 saturated heterocycles. The Bertz CT molecular complexity index is 708. The summed E-state index contributed by atoms with van der Waals surface area (Å²) in [6.07, 6.45) is 5.74. The summed E-state index contributed by atoms with van der Waals surface area (Å²) < 4.78 is 11.5. The quantitative estimate of drug-likeness (QED) is 0.904.